The average Bonchev–Trinajstić information content (AvgIpc) is 1.62. The Morgan fingerprint density at radius 2 is 0.868 bits per heavy atom. The fourth-order valence-corrected chi connectivity index (χ4v) is 9.45. The van der Waals surface area contributed by atoms with E-state index < -0.39 is 39.7 Å². The minimum Gasteiger partial charge on any atom is -1.00 e. The average molecular weight is 1780 g/mol. The van der Waals surface area contributed by atoms with Gasteiger partial charge in [-0.3, -0.25) is 23.6 Å². The van der Waals surface area contributed by atoms with E-state index in [4.69, 9.17) is 104 Å². The number of carbonyl (C=O) groups is 4. The fourth-order valence-electron chi connectivity index (χ4n) is 8.65. The molecule has 0 atom stereocenters. The molecule has 3 aliphatic heterocycles. The first-order valence-corrected chi connectivity index (χ1v) is 32.9. The number of benzene rings is 5. The second kappa shape index (κ2) is 55.9. The van der Waals surface area contributed by atoms with Crippen molar-refractivity contribution in [2.75, 3.05) is 14.3 Å². The van der Waals surface area contributed by atoms with Crippen LogP contribution in [-0.2, 0) is 41.5 Å². The largest absolute Gasteiger partial charge is 1.00 e. The molecule has 0 unspecified atom stereocenters. The molecular formula is C74H63B4Br2Cl2FK2N10NaO18. The van der Waals surface area contributed by atoms with Gasteiger partial charge in [-0.2, -0.15) is 0 Å². The van der Waals surface area contributed by atoms with Crippen LogP contribution in [0.2, 0.25) is 5.02 Å². The number of halogens is 5. The van der Waals surface area contributed by atoms with Crippen LogP contribution in [0, 0.1) is 32.9 Å². The van der Waals surface area contributed by atoms with Gasteiger partial charge in [0.1, 0.15) is 41.2 Å². The molecule has 0 bridgehead atoms. The zero-order chi connectivity index (χ0) is 80.8. The maximum absolute atomic E-state index is 11.6. The maximum atomic E-state index is 11.6. The first kappa shape index (κ1) is 104. The number of nitrogens with zero attached hydrogens (tertiary/aromatic N) is 10. The predicted octanol–water partition coefficient (Wildman–Crippen LogP) is 4.98. The van der Waals surface area contributed by atoms with Crippen LogP contribution in [0.25, 0.3) is 24.2 Å². The van der Waals surface area contributed by atoms with Gasteiger partial charge >= 0.3 is 154 Å². The number of hydrogen-bond donors (Lipinski definition) is 4. The molecule has 13 rings (SSSR count). The molecule has 0 aliphatic carbocycles. The summed E-state index contributed by atoms with van der Waals surface area (Å²) in [5.41, 5.74) is 6.25. The predicted molar refractivity (Wildman–Crippen MR) is 421 cm³/mol. The van der Waals surface area contributed by atoms with Crippen molar-refractivity contribution in [1.29, 1.82) is 0 Å². The van der Waals surface area contributed by atoms with Crippen LogP contribution >= 0.6 is 55.9 Å². The first-order valence-electron chi connectivity index (χ1n) is 31.7. The molecule has 40 heteroatoms. The van der Waals surface area contributed by atoms with Crippen molar-refractivity contribution in [3.63, 3.8) is 0 Å². The van der Waals surface area contributed by atoms with E-state index in [0.29, 0.717) is 131 Å². The Kier molecular flexibility index (Phi) is 51.2. The molecule has 3 aliphatic rings. The maximum Gasteiger partial charge on any atom is 1.00 e. The van der Waals surface area contributed by atoms with E-state index in [-0.39, 0.29) is 168 Å². The van der Waals surface area contributed by atoms with Crippen LogP contribution in [0.5, 0.6) is 52.3 Å². The molecule has 8 heterocycles. The summed E-state index contributed by atoms with van der Waals surface area (Å²) in [6.45, 7) is 42.4. The summed E-state index contributed by atoms with van der Waals surface area (Å²) < 4.78 is 61.5. The van der Waals surface area contributed by atoms with Crippen molar-refractivity contribution in [1.82, 2.24) is 24.9 Å². The smallest absolute Gasteiger partial charge is 1.00 e. The van der Waals surface area contributed by atoms with Crippen LogP contribution in [0.4, 0.5) is 33.0 Å². The van der Waals surface area contributed by atoms with Gasteiger partial charge in [-0.15, -0.1) is 17.4 Å². The number of rotatable bonds is 13. The number of aliphatic hydroxyl groups is 1. The van der Waals surface area contributed by atoms with E-state index in [2.05, 4.69) is 85.9 Å². The Morgan fingerprint density at radius 1 is 0.535 bits per heavy atom. The van der Waals surface area contributed by atoms with E-state index in [0.717, 1.165) is 41.7 Å². The molecular weight excluding hydrogens is 1710 g/mol. The molecule has 0 spiro atoms. The molecule has 567 valence electrons. The monoisotopic (exact) mass is 1770 g/mol. The number of aldehydes is 3. The summed E-state index contributed by atoms with van der Waals surface area (Å²) in [7, 11) is -2.31. The Morgan fingerprint density at radius 3 is 1.18 bits per heavy atom. The van der Waals surface area contributed by atoms with Crippen LogP contribution in [0.3, 0.4) is 0 Å². The number of ether oxygens (including phenoxy) is 4. The van der Waals surface area contributed by atoms with Crippen molar-refractivity contribution in [3.8, 4) is 52.3 Å². The summed E-state index contributed by atoms with van der Waals surface area (Å²) in [6, 6.07) is 41.7. The van der Waals surface area contributed by atoms with Gasteiger partial charge in [0.2, 0.25) is 46.3 Å². The van der Waals surface area contributed by atoms with Crippen molar-refractivity contribution in [3.05, 3.63) is 282 Å². The number of pyridine rings is 5. The first-order chi connectivity index (χ1) is 52.9. The molecule has 28 nitrogen and oxygen atoms in total. The van der Waals surface area contributed by atoms with Crippen molar-refractivity contribution in [2.45, 2.75) is 52.1 Å². The SMILES string of the molecule is CO.Cl.O=CO[O-].O=Cc1cc(O)ccc1Br.[2H]CF.[B].[C-]#[N+]c1ccc(Cl)cn1.[C-]#[N+]c1ccc(Oc2ccc(B3OC(C)(C)C(C)(C)O3)c(C=O)c2)nc1.[C-]#[N+]c1ccc(Oc2ccc(Br)c(C=O)c2)nc1.[C-]#[N+]c1ccc(Oc2ccc3c(c2)COB3O)nc1.[C-]#[N+]c1ccc(Oc2ccc3c(c2)COB3O)nc1.[H-].[H-].[K+].[K+].[Na+]. The minimum absolute atomic E-state index is 0. The number of phenols is 1. The quantitative estimate of drug-likeness (QED) is 0.0389. The molecule has 1 saturated heterocycles. The van der Waals surface area contributed by atoms with Gasteiger partial charge in [0.15, 0.2) is 12.6 Å². The van der Waals surface area contributed by atoms with Crippen molar-refractivity contribution in [2.24, 2.45) is 0 Å². The molecule has 5 aromatic heterocycles. The molecule has 3 radical (unpaired) electrons. The summed E-state index contributed by atoms with van der Waals surface area (Å²) in [6.07, 6.45) is 9.42. The normalized spacial score (nSPS) is 11.7. The number of hydrogen-bond acceptors (Lipinski definition) is 23. The van der Waals surface area contributed by atoms with Crippen molar-refractivity contribution >= 4 is 156 Å². The Bertz CT molecular complexity index is 4850. The summed E-state index contributed by atoms with van der Waals surface area (Å²) in [4.78, 5) is 79.8. The van der Waals surface area contributed by atoms with Gasteiger partial charge in [0.25, 0.3) is 12.3 Å². The number of fused-ring (bicyclic) bond motifs is 2. The number of phenolic OH excluding ortho intramolecular Hbond substituents is 1. The Hall–Kier alpha value is -7.54. The van der Waals surface area contributed by atoms with Crippen LogP contribution in [-0.4, -0.2) is 126 Å². The van der Waals surface area contributed by atoms with Gasteiger partial charge in [-0.05, 0) is 189 Å². The summed E-state index contributed by atoms with van der Waals surface area (Å²) in [5, 5.41) is 43.9. The Balaban J connectivity index is -0.00000132. The molecule has 5 aromatic carbocycles. The van der Waals surface area contributed by atoms with E-state index in [9.17, 15) is 28.8 Å². The van der Waals surface area contributed by atoms with Crippen molar-refractivity contribution < 1.29 is 228 Å². The third kappa shape index (κ3) is 34.0. The van der Waals surface area contributed by atoms with Gasteiger partial charge < -0.3 is 75.7 Å². The van der Waals surface area contributed by atoms with Crippen LogP contribution in [0.15, 0.2) is 192 Å². The molecule has 0 saturated carbocycles. The molecule has 4 N–H and O–H groups in total. The zero-order valence-corrected chi connectivity index (χ0v) is 74.9. The molecule has 0 amide bonds. The third-order valence-electron chi connectivity index (χ3n) is 14.6. The number of aromatic hydroxyl groups is 1. The minimum atomic E-state index is -1.00. The summed E-state index contributed by atoms with van der Waals surface area (Å²) in [5.74, 6) is 4.28. The zero-order valence-electron chi connectivity index (χ0n) is 65.0. The van der Waals surface area contributed by atoms with E-state index >= 15 is 0 Å². The molecule has 114 heavy (non-hydrogen) atoms. The summed E-state index contributed by atoms with van der Waals surface area (Å²) >= 11 is 11.9. The second-order valence-corrected chi connectivity index (χ2v) is 24.2. The van der Waals surface area contributed by atoms with Gasteiger partial charge in [-0.25, -0.2) is 39.3 Å². The third-order valence-corrected chi connectivity index (χ3v) is 16.3. The van der Waals surface area contributed by atoms with Crippen LogP contribution < -0.4 is 173 Å². The fraction of sp³-hybridized carbons (Fsp3) is 0.135. The van der Waals surface area contributed by atoms with Gasteiger partial charge in [0.05, 0.1) is 64.3 Å². The number of aromatic nitrogens is 5. The standard InChI is InChI=1S/C19H19BN2O4.2C13H9BN2O3.C13H7BrN2O2.C7H5BrO2.C6H3ClN2.CH3F.CH2O3.CH4O.B.ClH.2K.Na.2H/c1-18(2)19(3,4)26-20(25-18)16-8-7-15(10-13(16)12-23)24-17-9-6-14(21-5)11-22-17;2*1-15-10-2-5-13(16-7-10)19-11-3-4-12-9(6-11)8-18-14(12)17;1-15-10-2-5-13(16-7-10)18-11-3-4-12(14)9(6-11)8-17;8-7-2-1-6(10)3-5(7)4-9;1-8-6-3-2-5(7)4-9-6;1-2;2-1-4-3;1-2;;;;;;;/h6-12H,1-4H3;2*2-7,17H,8H2;2-8H;1-4,10H;2-4H;1H3;1,3H;2H,1H3;;1H;;;;;/q;;;;;;;;;;;3*+1;2*-1/p-1/i;;;;;;1D;;;;;;;;;. The number of alkyl halides is 1. The van der Waals surface area contributed by atoms with Gasteiger partial charge in [-0.1, -0.05) is 68.2 Å². The molecule has 10 aromatic rings. The topological polar surface area (TPSA) is 342 Å². The van der Waals surface area contributed by atoms with E-state index in [1.807, 2.05) is 39.8 Å². The second-order valence-electron chi connectivity index (χ2n) is 22.1. The van der Waals surface area contributed by atoms with Gasteiger partial charge in [0, 0.05) is 65.9 Å². The number of aliphatic hydroxyl groups excluding tert-OH is 1. The van der Waals surface area contributed by atoms with E-state index in [1.165, 1.54) is 43.1 Å². The Labute approximate surface area is 799 Å². The van der Waals surface area contributed by atoms with E-state index in [1.54, 1.807) is 127 Å². The molecule has 1 fully saturated rings. The van der Waals surface area contributed by atoms with Crippen LogP contribution in [0.1, 0.15) is 74.1 Å². The number of carbonyl (C=O) groups excluding carboxylic acids is 4.